The number of nitrogens with zero attached hydrogens (tertiary/aromatic N) is 1. The van der Waals surface area contributed by atoms with Crippen LogP contribution in [0.1, 0.15) is 28.8 Å². The zero-order valence-corrected chi connectivity index (χ0v) is 12.9. The third-order valence-corrected chi connectivity index (χ3v) is 4.67. The van der Waals surface area contributed by atoms with Gasteiger partial charge in [-0.05, 0) is 37.5 Å². The van der Waals surface area contributed by atoms with Gasteiger partial charge in [0.15, 0.2) is 0 Å². The molecule has 0 saturated carbocycles. The van der Waals surface area contributed by atoms with Crippen LogP contribution in [0.4, 0.5) is 17.6 Å². The molecule has 21 heavy (non-hydrogen) atoms. The Balaban J connectivity index is 2.15. The maximum atomic E-state index is 13.9. The van der Waals surface area contributed by atoms with E-state index < -0.39 is 23.8 Å². The van der Waals surface area contributed by atoms with Gasteiger partial charge in [-0.15, -0.1) is 0 Å². The minimum absolute atomic E-state index is 0.00555. The zero-order chi connectivity index (χ0) is 15.8. The van der Waals surface area contributed by atoms with Crippen LogP contribution in [0.2, 0.25) is 0 Å². The Kier molecular flexibility index (Phi) is 4.60. The summed E-state index contributed by atoms with van der Waals surface area (Å²) in [6.45, 7) is 1.59. The van der Waals surface area contributed by atoms with Gasteiger partial charge in [-0.3, -0.25) is 4.79 Å². The molecule has 1 aliphatic heterocycles. The summed E-state index contributed by atoms with van der Waals surface area (Å²) in [6, 6.07) is 2.67. The van der Waals surface area contributed by atoms with Gasteiger partial charge < -0.3 is 4.90 Å². The first-order valence-corrected chi connectivity index (χ1v) is 7.31. The van der Waals surface area contributed by atoms with Gasteiger partial charge in [0.2, 0.25) is 0 Å². The quantitative estimate of drug-likeness (QED) is 0.677. The van der Waals surface area contributed by atoms with Gasteiger partial charge in [0.25, 0.3) is 5.91 Å². The van der Waals surface area contributed by atoms with E-state index in [-0.39, 0.29) is 31.5 Å². The predicted octanol–water partition coefficient (Wildman–Crippen LogP) is 4.31. The SMILES string of the molecule is Cc1c(Br)ccc(F)c1C(=O)N1CCC(C(F)(F)F)CC1. The number of rotatable bonds is 1. The molecule has 1 heterocycles. The minimum atomic E-state index is -4.23. The van der Waals surface area contributed by atoms with Crippen LogP contribution in [0.25, 0.3) is 0 Å². The molecule has 0 bridgehead atoms. The second-order valence-electron chi connectivity index (χ2n) is 5.14. The summed E-state index contributed by atoms with van der Waals surface area (Å²) in [5.74, 6) is -2.58. The lowest BCUT2D eigenvalue weighted by atomic mass is 9.95. The molecule has 0 unspecified atom stereocenters. The second kappa shape index (κ2) is 5.94. The summed E-state index contributed by atoms with van der Waals surface area (Å²) < 4.78 is 52.3. The van der Waals surface area contributed by atoms with E-state index in [1.54, 1.807) is 6.92 Å². The standard InChI is InChI=1S/C14H14BrF4NO/c1-8-10(15)2-3-11(16)12(8)13(21)20-6-4-9(5-7-20)14(17,18)19/h2-3,9H,4-7H2,1H3. The van der Waals surface area contributed by atoms with E-state index in [0.717, 1.165) is 0 Å². The van der Waals surface area contributed by atoms with Crippen LogP contribution in [-0.2, 0) is 0 Å². The highest BCUT2D eigenvalue weighted by Crippen LogP contribution is 2.35. The average Bonchev–Trinajstić information content (AvgIpc) is 2.42. The summed E-state index contributed by atoms with van der Waals surface area (Å²) in [4.78, 5) is 13.6. The maximum Gasteiger partial charge on any atom is 0.391 e. The van der Waals surface area contributed by atoms with E-state index in [4.69, 9.17) is 0 Å². The molecule has 0 radical (unpaired) electrons. The summed E-state index contributed by atoms with van der Waals surface area (Å²) in [5, 5.41) is 0. The molecule has 0 aromatic heterocycles. The van der Waals surface area contributed by atoms with Crippen molar-refractivity contribution in [2.75, 3.05) is 13.1 Å². The molecular formula is C14H14BrF4NO. The maximum absolute atomic E-state index is 13.9. The first kappa shape index (κ1) is 16.3. The second-order valence-corrected chi connectivity index (χ2v) is 5.99. The average molecular weight is 368 g/mol. The Labute approximate surface area is 128 Å². The topological polar surface area (TPSA) is 20.3 Å². The van der Waals surface area contributed by atoms with Crippen molar-refractivity contribution < 1.29 is 22.4 Å². The van der Waals surface area contributed by atoms with Crippen LogP contribution in [0.15, 0.2) is 16.6 Å². The van der Waals surface area contributed by atoms with Gasteiger partial charge in [-0.1, -0.05) is 15.9 Å². The van der Waals surface area contributed by atoms with Crippen molar-refractivity contribution in [2.24, 2.45) is 5.92 Å². The normalized spacial score (nSPS) is 17.1. The third-order valence-electron chi connectivity index (χ3n) is 3.81. The smallest absolute Gasteiger partial charge is 0.339 e. The Morgan fingerprint density at radius 2 is 1.86 bits per heavy atom. The fourth-order valence-electron chi connectivity index (χ4n) is 2.48. The van der Waals surface area contributed by atoms with Crippen molar-refractivity contribution in [1.82, 2.24) is 4.90 Å². The Morgan fingerprint density at radius 3 is 2.38 bits per heavy atom. The Bertz CT molecular complexity index is 551. The fraction of sp³-hybridized carbons (Fsp3) is 0.500. The summed E-state index contributed by atoms with van der Waals surface area (Å²) in [7, 11) is 0. The van der Waals surface area contributed by atoms with Gasteiger partial charge in [-0.25, -0.2) is 4.39 Å². The molecule has 1 aromatic carbocycles. The molecule has 2 nitrogen and oxygen atoms in total. The van der Waals surface area contributed by atoms with Crippen LogP contribution < -0.4 is 0 Å². The van der Waals surface area contributed by atoms with Crippen molar-refractivity contribution in [3.63, 3.8) is 0 Å². The molecule has 0 N–H and O–H groups in total. The van der Waals surface area contributed by atoms with Gasteiger partial charge in [-0.2, -0.15) is 13.2 Å². The van der Waals surface area contributed by atoms with Crippen LogP contribution in [-0.4, -0.2) is 30.1 Å². The highest BCUT2D eigenvalue weighted by Gasteiger charge is 2.42. The fourth-order valence-corrected chi connectivity index (χ4v) is 2.81. The van der Waals surface area contributed by atoms with Crippen molar-refractivity contribution in [3.05, 3.63) is 33.5 Å². The van der Waals surface area contributed by atoms with Crippen molar-refractivity contribution in [1.29, 1.82) is 0 Å². The number of halogens is 5. The molecule has 1 aliphatic rings. The molecule has 0 atom stereocenters. The van der Waals surface area contributed by atoms with E-state index in [1.165, 1.54) is 17.0 Å². The number of hydrogen-bond acceptors (Lipinski definition) is 1. The number of carbonyl (C=O) groups excluding carboxylic acids is 1. The molecule has 0 aliphatic carbocycles. The number of likely N-dealkylation sites (tertiary alicyclic amines) is 1. The predicted molar refractivity (Wildman–Crippen MR) is 73.5 cm³/mol. The summed E-state index contributed by atoms with van der Waals surface area (Å²) in [5.41, 5.74) is 0.382. The molecule has 0 spiro atoms. The molecule has 1 aromatic rings. The van der Waals surface area contributed by atoms with Crippen molar-refractivity contribution in [2.45, 2.75) is 25.9 Å². The third kappa shape index (κ3) is 3.39. The zero-order valence-electron chi connectivity index (χ0n) is 11.3. The number of hydrogen-bond donors (Lipinski definition) is 0. The largest absolute Gasteiger partial charge is 0.391 e. The van der Waals surface area contributed by atoms with Crippen molar-refractivity contribution >= 4 is 21.8 Å². The summed E-state index contributed by atoms with van der Waals surface area (Å²) >= 11 is 3.22. The highest BCUT2D eigenvalue weighted by atomic mass is 79.9. The first-order valence-electron chi connectivity index (χ1n) is 6.52. The lowest BCUT2D eigenvalue weighted by Gasteiger charge is -2.33. The monoisotopic (exact) mass is 367 g/mol. The van der Waals surface area contributed by atoms with Gasteiger partial charge >= 0.3 is 6.18 Å². The van der Waals surface area contributed by atoms with Gasteiger partial charge in [0, 0.05) is 17.6 Å². The van der Waals surface area contributed by atoms with Gasteiger partial charge in [0.05, 0.1) is 11.5 Å². The van der Waals surface area contributed by atoms with E-state index in [9.17, 15) is 22.4 Å². The number of alkyl halides is 3. The molecule has 1 fully saturated rings. The highest BCUT2D eigenvalue weighted by molar-refractivity contribution is 9.10. The molecule has 1 saturated heterocycles. The van der Waals surface area contributed by atoms with E-state index in [2.05, 4.69) is 15.9 Å². The van der Waals surface area contributed by atoms with E-state index in [1.807, 2.05) is 0 Å². The van der Waals surface area contributed by atoms with E-state index in [0.29, 0.717) is 10.0 Å². The lowest BCUT2D eigenvalue weighted by molar-refractivity contribution is -0.183. The molecule has 1 amide bonds. The Morgan fingerprint density at radius 1 is 1.29 bits per heavy atom. The number of benzene rings is 1. The van der Waals surface area contributed by atoms with Crippen LogP contribution in [0.3, 0.4) is 0 Å². The van der Waals surface area contributed by atoms with Crippen LogP contribution in [0.5, 0.6) is 0 Å². The molecule has 116 valence electrons. The first-order chi connectivity index (χ1) is 9.71. The number of piperidine rings is 1. The minimum Gasteiger partial charge on any atom is -0.339 e. The Hall–Kier alpha value is -1.11. The van der Waals surface area contributed by atoms with E-state index >= 15 is 0 Å². The summed E-state index contributed by atoms with van der Waals surface area (Å²) in [6.07, 6.45) is -4.50. The number of carbonyl (C=O) groups is 1. The number of amides is 1. The molecular weight excluding hydrogens is 354 g/mol. The molecule has 2 rings (SSSR count). The van der Waals surface area contributed by atoms with Crippen LogP contribution >= 0.6 is 15.9 Å². The van der Waals surface area contributed by atoms with Crippen LogP contribution in [0, 0.1) is 18.7 Å². The molecule has 7 heteroatoms. The van der Waals surface area contributed by atoms with Crippen molar-refractivity contribution in [3.8, 4) is 0 Å². The lowest BCUT2D eigenvalue weighted by Crippen LogP contribution is -2.42. The van der Waals surface area contributed by atoms with Gasteiger partial charge in [0.1, 0.15) is 5.82 Å².